The Morgan fingerprint density at radius 2 is 1.51 bits per heavy atom. The molecule has 0 amide bonds. The van der Waals surface area contributed by atoms with Crippen molar-refractivity contribution in [2.75, 3.05) is 13.2 Å². The molecule has 6 heteroatoms. The van der Waals surface area contributed by atoms with E-state index in [1.54, 1.807) is 0 Å². The van der Waals surface area contributed by atoms with E-state index in [1.165, 1.54) is 0 Å². The van der Waals surface area contributed by atoms with Gasteiger partial charge in [0.05, 0.1) is 6.61 Å². The summed E-state index contributed by atoms with van der Waals surface area (Å²) in [6, 6.07) is 7.70. The standard InChI is InChI=1S/C29H37NO5/c1-6-13-35-23-10-8-7-9-18(23)25-26-19(14-28(2,3)16-21(26)31)30(12-11-24(33)34)20-15-29(4,5)17-22(32)27(20)25/h7-10,25H,6,11-17H2,1-5H3,(H,33,34)/p-1. The van der Waals surface area contributed by atoms with Gasteiger partial charge in [-0.15, -0.1) is 0 Å². The molecule has 35 heavy (non-hydrogen) atoms. The van der Waals surface area contributed by atoms with Crippen LogP contribution in [0.15, 0.2) is 46.8 Å². The number of carboxylic acid groups (broad SMARTS) is 1. The van der Waals surface area contributed by atoms with Gasteiger partial charge in [-0.25, -0.2) is 0 Å². The Morgan fingerprint density at radius 3 is 2.03 bits per heavy atom. The van der Waals surface area contributed by atoms with Gasteiger partial charge in [0.15, 0.2) is 11.6 Å². The molecule has 1 aromatic rings. The largest absolute Gasteiger partial charge is 0.550 e. The predicted octanol–water partition coefficient (Wildman–Crippen LogP) is 4.30. The predicted molar refractivity (Wildman–Crippen MR) is 131 cm³/mol. The number of ether oxygens (including phenoxy) is 1. The van der Waals surface area contributed by atoms with Gasteiger partial charge in [-0.1, -0.05) is 52.8 Å². The van der Waals surface area contributed by atoms with Crippen molar-refractivity contribution >= 4 is 17.5 Å². The smallest absolute Gasteiger partial charge is 0.162 e. The summed E-state index contributed by atoms with van der Waals surface area (Å²) < 4.78 is 6.09. The van der Waals surface area contributed by atoms with Crippen molar-refractivity contribution in [1.82, 2.24) is 4.90 Å². The highest BCUT2D eigenvalue weighted by Gasteiger charge is 2.49. The van der Waals surface area contributed by atoms with Gasteiger partial charge in [-0.3, -0.25) is 9.59 Å². The summed E-state index contributed by atoms with van der Waals surface area (Å²) in [4.78, 5) is 40.9. The second kappa shape index (κ2) is 9.29. The van der Waals surface area contributed by atoms with E-state index in [-0.39, 0.29) is 35.4 Å². The van der Waals surface area contributed by atoms with Crippen LogP contribution in [0.1, 0.15) is 84.6 Å². The third kappa shape index (κ3) is 4.93. The molecule has 0 aromatic heterocycles. The first-order valence-electron chi connectivity index (χ1n) is 12.7. The van der Waals surface area contributed by atoms with Gasteiger partial charge in [0.1, 0.15) is 5.75 Å². The fraction of sp³-hybridized carbons (Fsp3) is 0.552. The Balaban J connectivity index is 1.98. The molecule has 0 spiro atoms. The molecule has 0 saturated heterocycles. The minimum absolute atomic E-state index is 0.0224. The average molecular weight is 479 g/mol. The van der Waals surface area contributed by atoms with E-state index in [2.05, 4.69) is 27.7 Å². The van der Waals surface area contributed by atoms with Crippen molar-refractivity contribution < 1.29 is 24.2 Å². The first-order chi connectivity index (χ1) is 16.4. The number of aliphatic carboxylic acids is 1. The van der Waals surface area contributed by atoms with Gasteiger partial charge in [-0.2, -0.15) is 0 Å². The van der Waals surface area contributed by atoms with Crippen LogP contribution in [0.4, 0.5) is 0 Å². The molecular formula is C29H36NO5-. The lowest BCUT2D eigenvalue weighted by Gasteiger charge is -2.49. The van der Waals surface area contributed by atoms with Crippen molar-refractivity contribution in [3.05, 3.63) is 52.4 Å². The molecular weight excluding hydrogens is 442 g/mol. The number of Topliss-reactive ketones (excluding diaryl/α,β-unsaturated/α-hetero) is 2. The van der Waals surface area contributed by atoms with E-state index < -0.39 is 11.9 Å². The average Bonchev–Trinajstić information content (AvgIpc) is 2.74. The summed E-state index contributed by atoms with van der Waals surface area (Å²) >= 11 is 0. The van der Waals surface area contributed by atoms with E-state index in [4.69, 9.17) is 4.74 Å². The molecule has 6 nitrogen and oxygen atoms in total. The number of carbonyl (C=O) groups is 3. The van der Waals surface area contributed by atoms with Gasteiger partial charge in [0, 0.05) is 65.8 Å². The molecule has 3 aliphatic rings. The summed E-state index contributed by atoms with van der Waals surface area (Å²) in [5.74, 6) is -0.906. The molecule has 0 bridgehead atoms. The summed E-state index contributed by atoms with van der Waals surface area (Å²) in [5.41, 5.74) is 3.28. The van der Waals surface area contributed by atoms with Crippen LogP contribution in [-0.4, -0.2) is 35.6 Å². The molecule has 0 unspecified atom stereocenters. The Bertz CT molecular complexity index is 1070. The van der Waals surface area contributed by atoms with E-state index in [1.807, 2.05) is 36.1 Å². The third-order valence-corrected chi connectivity index (χ3v) is 7.25. The highest BCUT2D eigenvalue weighted by atomic mass is 16.5. The molecule has 0 atom stereocenters. The first kappa shape index (κ1) is 25.2. The van der Waals surface area contributed by atoms with Crippen LogP contribution in [-0.2, 0) is 14.4 Å². The second-order valence-corrected chi connectivity index (χ2v) is 11.7. The van der Waals surface area contributed by atoms with Gasteiger partial charge in [0.2, 0.25) is 0 Å². The molecule has 1 heterocycles. The number of benzene rings is 1. The Morgan fingerprint density at radius 1 is 0.971 bits per heavy atom. The zero-order chi connectivity index (χ0) is 25.5. The minimum atomic E-state index is -1.14. The van der Waals surface area contributed by atoms with Crippen molar-refractivity contribution in [2.45, 2.75) is 79.1 Å². The monoisotopic (exact) mass is 478 g/mol. The van der Waals surface area contributed by atoms with Crippen LogP contribution >= 0.6 is 0 Å². The lowest BCUT2D eigenvalue weighted by molar-refractivity contribution is -0.305. The lowest BCUT2D eigenvalue weighted by Crippen LogP contribution is -2.45. The minimum Gasteiger partial charge on any atom is -0.550 e. The highest BCUT2D eigenvalue weighted by Crippen LogP contribution is 2.55. The second-order valence-electron chi connectivity index (χ2n) is 11.7. The van der Waals surface area contributed by atoms with Gasteiger partial charge >= 0.3 is 0 Å². The SMILES string of the molecule is CCCOc1ccccc1C1C2=C(CC(C)(C)CC2=O)N(CCC(=O)[O-])C2=C1C(=O)CC(C)(C)C2. The maximum Gasteiger partial charge on any atom is 0.162 e. The number of hydrogen-bond donors (Lipinski definition) is 0. The lowest BCUT2D eigenvalue weighted by atomic mass is 9.63. The van der Waals surface area contributed by atoms with Crippen LogP contribution in [0.5, 0.6) is 5.75 Å². The van der Waals surface area contributed by atoms with E-state index in [0.717, 1.165) is 23.4 Å². The molecule has 0 radical (unpaired) electrons. The fourth-order valence-corrected chi connectivity index (χ4v) is 5.89. The van der Waals surface area contributed by atoms with Gasteiger partial charge in [-0.05, 0) is 36.2 Å². The molecule has 2 aliphatic carbocycles. The van der Waals surface area contributed by atoms with Crippen molar-refractivity contribution in [3.8, 4) is 5.75 Å². The molecule has 4 rings (SSSR count). The topological polar surface area (TPSA) is 86.7 Å². The molecule has 188 valence electrons. The first-order valence-corrected chi connectivity index (χ1v) is 12.7. The summed E-state index contributed by atoms with van der Waals surface area (Å²) in [7, 11) is 0. The Hall–Kier alpha value is -2.89. The van der Waals surface area contributed by atoms with Crippen LogP contribution in [0, 0.1) is 10.8 Å². The van der Waals surface area contributed by atoms with Crippen LogP contribution in [0.3, 0.4) is 0 Å². The highest BCUT2D eigenvalue weighted by molar-refractivity contribution is 6.07. The molecule has 1 aliphatic heterocycles. The normalized spacial score (nSPS) is 21.7. The van der Waals surface area contributed by atoms with E-state index >= 15 is 0 Å². The zero-order valence-corrected chi connectivity index (χ0v) is 21.5. The van der Waals surface area contributed by atoms with Crippen molar-refractivity contribution in [2.24, 2.45) is 10.8 Å². The number of ketones is 2. The Kier molecular flexibility index (Phi) is 6.69. The quantitative estimate of drug-likeness (QED) is 0.581. The maximum absolute atomic E-state index is 13.8. The number of carbonyl (C=O) groups excluding carboxylic acids is 3. The molecule has 1 aromatic carbocycles. The van der Waals surface area contributed by atoms with Crippen LogP contribution in [0.25, 0.3) is 0 Å². The molecule has 0 N–H and O–H groups in total. The van der Waals surface area contributed by atoms with E-state index in [0.29, 0.717) is 49.2 Å². The van der Waals surface area contributed by atoms with Crippen LogP contribution < -0.4 is 9.84 Å². The van der Waals surface area contributed by atoms with Crippen molar-refractivity contribution in [3.63, 3.8) is 0 Å². The number of rotatable bonds is 7. The number of nitrogens with zero attached hydrogens (tertiary/aromatic N) is 1. The third-order valence-electron chi connectivity index (χ3n) is 7.25. The number of allylic oxidation sites excluding steroid dienone is 4. The van der Waals surface area contributed by atoms with Gasteiger partial charge in [0.25, 0.3) is 0 Å². The summed E-state index contributed by atoms with van der Waals surface area (Å²) in [5, 5.41) is 11.5. The molecule has 0 fully saturated rings. The number of carboxylic acids is 1. The number of para-hydroxylation sites is 1. The van der Waals surface area contributed by atoms with Gasteiger partial charge < -0.3 is 19.5 Å². The Labute approximate surface area is 208 Å². The maximum atomic E-state index is 13.8. The van der Waals surface area contributed by atoms with Crippen LogP contribution in [0.2, 0.25) is 0 Å². The summed E-state index contributed by atoms with van der Waals surface area (Å²) in [6.07, 6.45) is 2.73. The molecule has 0 saturated carbocycles. The zero-order valence-electron chi connectivity index (χ0n) is 21.5. The summed E-state index contributed by atoms with van der Waals surface area (Å²) in [6.45, 7) is 11.0. The van der Waals surface area contributed by atoms with Crippen molar-refractivity contribution in [1.29, 1.82) is 0 Å². The number of hydrogen-bond acceptors (Lipinski definition) is 6. The van der Waals surface area contributed by atoms with E-state index in [9.17, 15) is 19.5 Å². The fourth-order valence-electron chi connectivity index (χ4n) is 5.89.